The molecule has 0 aliphatic heterocycles. The van der Waals surface area contributed by atoms with Crippen molar-refractivity contribution in [2.24, 2.45) is 0 Å². The fourth-order valence-electron chi connectivity index (χ4n) is 2.13. The Balaban J connectivity index is 2.67. The summed E-state index contributed by atoms with van der Waals surface area (Å²) in [5.41, 5.74) is -0.824. The Bertz CT molecular complexity index is 879. The quantitative estimate of drug-likeness (QED) is 0.479. The van der Waals surface area contributed by atoms with Gasteiger partial charge < -0.3 is 9.57 Å². The van der Waals surface area contributed by atoms with Crippen molar-refractivity contribution < 1.29 is 19.3 Å². The summed E-state index contributed by atoms with van der Waals surface area (Å²) in [6, 6.07) is 7.19. The van der Waals surface area contributed by atoms with Crippen LogP contribution in [-0.2, 0) is 4.74 Å². The number of aromatic nitrogens is 1. The molecule has 0 saturated carbocycles. The zero-order chi connectivity index (χ0) is 18.8. The normalized spacial score (nSPS) is 11.0. The van der Waals surface area contributed by atoms with Gasteiger partial charge in [0.1, 0.15) is 11.2 Å². The minimum atomic E-state index is -0.816. The number of carbonyl (C=O) groups excluding carboxylic acids is 1. The summed E-state index contributed by atoms with van der Waals surface area (Å²) in [7, 11) is 1.16. The van der Waals surface area contributed by atoms with Gasteiger partial charge in [0.15, 0.2) is 0 Å². The molecule has 1 aromatic carbocycles. The maximum Gasteiger partial charge on any atom is 0.343 e. The summed E-state index contributed by atoms with van der Waals surface area (Å²) >= 11 is 0. The lowest BCUT2D eigenvalue weighted by atomic mass is 10.1. The molecule has 1 heterocycles. The van der Waals surface area contributed by atoms with Crippen LogP contribution < -0.4 is 10.4 Å². The third-order valence-electron chi connectivity index (χ3n) is 3.15. The van der Waals surface area contributed by atoms with E-state index in [-0.39, 0.29) is 11.3 Å². The molecular formula is C17H18N2O6. The number of hydrogen-bond acceptors (Lipinski definition) is 6. The second-order valence-corrected chi connectivity index (χ2v) is 6.28. The molecule has 0 amide bonds. The number of pyridine rings is 1. The zero-order valence-electron chi connectivity index (χ0n) is 14.3. The fourth-order valence-corrected chi connectivity index (χ4v) is 2.13. The first-order valence-corrected chi connectivity index (χ1v) is 7.42. The lowest BCUT2D eigenvalue weighted by molar-refractivity contribution is -0.384. The number of carbonyl (C=O) groups is 1. The maximum atomic E-state index is 12.4. The first-order valence-electron chi connectivity index (χ1n) is 7.42. The summed E-state index contributed by atoms with van der Waals surface area (Å²) < 4.78 is 5.58. The van der Waals surface area contributed by atoms with Crippen LogP contribution in [0.2, 0.25) is 0 Å². The van der Waals surface area contributed by atoms with Gasteiger partial charge in [0, 0.05) is 17.7 Å². The zero-order valence-corrected chi connectivity index (χ0v) is 14.3. The molecule has 0 atom stereocenters. The average Bonchev–Trinajstić information content (AvgIpc) is 2.54. The lowest BCUT2D eigenvalue weighted by Gasteiger charge is -2.22. The van der Waals surface area contributed by atoms with Crippen LogP contribution in [0.1, 0.15) is 31.1 Å². The van der Waals surface area contributed by atoms with Gasteiger partial charge in [-0.05, 0) is 32.4 Å². The van der Waals surface area contributed by atoms with Gasteiger partial charge in [-0.25, -0.2) is 4.79 Å². The van der Waals surface area contributed by atoms with Crippen LogP contribution in [0.4, 0.5) is 5.69 Å². The molecule has 25 heavy (non-hydrogen) atoms. The average molecular weight is 346 g/mol. The highest BCUT2D eigenvalue weighted by Gasteiger charge is 2.20. The number of nitro benzene ring substituents is 1. The van der Waals surface area contributed by atoms with E-state index in [1.54, 1.807) is 26.8 Å². The number of methoxy groups -OCH3 is 1. The van der Waals surface area contributed by atoms with Crippen molar-refractivity contribution in [1.82, 2.24) is 4.73 Å². The van der Waals surface area contributed by atoms with E-state index in [4.69, 9.17) is 4.84 Å². The van der Waals surface area contributed by atoms with E-state index in [2.05, 4.69) is 4.74 Å². The van der Waals surface area contributed by atoms with Crippen LogP contribution in [0.3, 0.4) is 0 Å². The minimum Gasteiger partial charge on any atom is -0.465 e. The molecule has 0 aliphatic rings. The molecule has 0 unspecified atom stereocenters. The van der Waals surface area contributed by atoms with Crippen LogP contribution >= 0.6 is 0 Å². The van der Waals surface area contributed by atoms with Crippen LogP contribution in [0, 0.1) is 10.1 Å². The number of nitrogens with zero attached hydrogens (tertiary/aromatic N) is 2. The van der Waals surface area contributed by atoms with Gasteiger partial charge in [0.25, 0.3) is 11.2 Å². The summed E-state index contributed by atoms with van der Waals surface area (Å²) in [6.07, 6.45) is 1.39. The van der Waals surface area contributed by atoms with E-state index in [0.29, 0.717) is 11.1 Å². The van der Waals surface area contributed by atoms with Gasteiger partial charge in [-0.2, -0.15) is 4.73 Å². The number of rotatable bonds is 4. The largest absolute Gasteiger partial charge is 0.465 e. The second kappa shape index (κ2) is 6.76. The Hall–Kier alpha value is -3.16. The van der Waals surface area contributed by atoms with Crippen LogP contribution in [0.5, 0.6) is 0 Å². The smallest absolute Gasteiger partial charge is 0.343 e. The van der Waals surface area contributed by atoms with Crippen molar-refractivity contribution >= 4 is 11.7 Å². The third-order valence-corrected chi connectivity index (χ3v) is 3.15. The highest BCUT2D eigenvalue weighted by Crippen LogP contribution is 2.24. The van der Waals surface area contributed by atoms with E-state index in [0.717, 1.165) is 11.8 Å². The Labute approximate surface area is 143 Å². The first kappa shape index (κ1) is 18.2. The van der Waals surface area contributed by atoms with E-state index in [1.165, 1.54) is 30.5 Å². The number of nitro groups is 1. The predicted octanol–water partition coefficient (Wildman–Crippen LogP) is 2.44. The summed E-state index contributed by atoms with van der Waals surface area (Å²) in [4.78, 5) is 40.4. The molecule has 132 valence electrons. The lowest BCUT2D eigenvalue weighted by Crippen LogP contribution is -2.39. The van der Waals surface area contributed by atoms with Crippen molar-refractivity contribution in [2.45, 2.75) is 26.4 Å². The number of benzene rings is 1. The molecule has 2 rings (SSSR count). The van der Waals surface area contributed by atoms with Gasteiger partial charge in [0.2, 0.25) is 0 Å². The fraction of sp³-hybridized carbons (Fsp3) is 0.294. The highest BCUT2D eigenvalue weighted by atomic mass is 16.7. The van der Waals surface area contributed by atoms with E-state index >= 15 is 0 Å². The molecule has 0 aliphatic carbocycles. The monoisotopic (exact) mass is 346 g/mol. The van der Waals surface area contributed by atoms with Crippen molar-refractivity contribution in [3.8, 4) is 11.1 Å². The van der Waals surface area contributed by atoms with E-state index in [9.17, 15) is 19.7 Å². The predicted molar refractivity (Wildman–Crippen MR) is 90.5 cm³/mol. The highest BCUT2D eigenvalue weighted by molar-refractivity contribution is 5.90. The Morgan fingerprint density at radius 1 is 1.20 bits per heavy atom. The first-order chi connectivity index (χ1) is 11.6. The number of non-ortho nitro benzene ring substituents is 1. The second-order valence-electron chi connectivity index (χ2n) is 6.28. The topological polar surface area (TPSA) is 101 Å². The Kier molecular flexibility index (Phi) is 4.92. The number of esters is 1. The molecule has 8 nitrogen and oxygen atoms in total. The number of ether oxygens (including phenoxy) is 1. The van der Waals surface area contributed by atoms with Crippen molar-refractivity contribution in [3.63, 3.8) is 0 Å². The molecule has 0 saturated heterocycles. The SMILES string of the molecule is COC(=O)c1cc(-c2cccc([N+](=O)[O-])c2)cn(OC(C)(C)C)c1=O. The molecule has 0 fully saturated rings. The van der Waals surface area contributed by atoms with Crippen molar-refractivity contribution in [1.29, 1.82) is 0 Å². The van der Waals surface area contributed by atoms with E-state index < -0.39 is 22.1 Å². The molecule has 0 radical (unpaired) electrons. The molecule has 0 spiro atoms. The molecule has 8 heteroatoms. The molecule has 0 N–H and O–H groups in total. The van der Waals surface area contributed by atoms with Crippen LogP contribution in [-0.4, -0.2) is 28.3 Å². The molecule has 1 aromatic heterocycles. The van der Waals surface area contributed by atoms with E-state index in [1.807, 2.05) is 0 Å². The van der Waals surface area contributed by atoms with Gasteiger partial charge >= 0.3 is 5.97 Å². The molecular weight excluding hydrogens is 328 g/mol. The van der Waals surface area contributed by atoms with Crippen molar-refractivity contribution in [2.75, 3.05) is 7.11 Å². The van der Waals surface area contributed by atoms with Gasteiger partial charge in [-0.3, -0.25) is 14.9 Å². The van der Waals surface area contributed by atoms with Crippen LogP contribution in [0.15, 0.2) is 41.3 Å². The standard InChI is InChI=1S/C17H18N2O6/c1-17(2,3)25-18-10-12(9-14(15(18)20)16(21)24-4)11-6-5-7-13(8-11)19(22)23/h5-10H,1-4H3. The maximum absolute atomic E-state index is 12.4. The Morgan fingerprint density at radius 3 is 2.44 bits per heavy atom. The summed E-state index contributed by atoms with van der Waals surface area (Å²) in [5.74, 6) is -0.816. The number of hydrogen-bond donors (Lipinski definition) is 0. The van der Waals surface area contributed by atoms with Crippen LogP contribution in [0.25, 0.3) is 11.1 Å². The molecule has 0 bridgehead atoms. The molecule has 2 aromatic rings. The summed E-state index contributed by atoms with van der Waals surface area (Å²) in [6.45, 7) is 5.24. The Morgan fingerprint density at radius 2 is 1.88 bits per heavy atom. The van der Waals surface area contributed by atoms with Gasteiger partial charge in [-0.1, -0.05) is 12.1 Å². The van der Waals surface area contributed by atoms with Crippen molar-refractivity contribution in [3.05, 3.63) is 62.6 Å². The summed E-state index contributed by atoms with van der Waals surface area (Å²) in [5, 5.41) is 11.0. The minimum absolute atomic E-state index is 0.105. The third kappa shape index (κ3) is 4.23. The van der Waals surface area contributed by atoms with Gasteiger partial charge in [-0.15, -0.1) is 0 Å². The van der Waals surface area contributed by atoms with Gasteiger partial charge in [0.05, 0.1) is 18.2 Å².